The van der Waals surface area contributed by atoms with Crippen LogP contribution >= 0.6 is 0 Å². The first-order valence-corrected chi connectivity index (χ1v) is 4.35. The second-order valence-corrected chi connectivity index (χ2v) is 3.15. The number of hydrogen-bond acceptors (Lipinski definition) is 4. The van der Waals surface area contributed by atoms with Crippen molar-refractivity contribution in [2.45, 2.75) is 18.9 Å². The monoisotopic (exact) mass is 188 g/mol. The summed E-state index contributed by atoms with van der Waals surface area (Å²) in [5.74, 6) is 0.473. The minimum atomic E-state index is 0.228. The van der Waals surface area contributed by atoms with Crippen molar-refractivity contribution in [1.29, 1.82) is 5.26 Å². The summed E-state index contributed by atoms with van der Waals surface area (Å²) in [7, 11) is 0. The van der Waals surface area contributed by atoms with Gasteiger partial charge in [0.2, 0.25) is 0 Å². The van der Waals surface area contributed by atoms with Gasteiger partial charge >= 0.3 is 0 Å². The van der Waals surface area contributed by atoms with Crippen LogP contribution < -0.4 is 4.74 Å². The van der Waals surface area contributed by atoms with E-state index in [-0.39, 0.29) is 11.8 Å². The highest BCUT2D eigenvalue weighted by Gasteiger charge is 2.24. The van der Waals surface area contributed by atoms with E-state index in [4.69, 9.17) is 10.00 Å². The van der Waals surface area contributed by atoms with E-state index in [0.717, 1.165) is 12.8 Å². The average Bonchev–Trinajstić information content (AvgIpc) is 3.02. The highest BCUT2D eigenvalue weighted by molar-refractivity contribution is 5.73. The molecule has 1 heterocycles. The summed E-state index contributed by atoms with van der Waals surface area (Å²) in [4.78, 5) is 14.3. The fraction of sp³-hybridized carbons (Fsp3) is 0.300. The van der Waals surface area contributed by atoms with Crippen molar-refractivity contribution < 1.29 is 9.53 Å². The van der Waals surface area contributed by atoms with E-state index in [1.54, 1.807) is 0 Å². The third-order valence-corrected chi connectivity index (χ3v) is 1.95. The van der Waals surface area contributed by atoms with Crippen LogP contribution in [0.4, 0.5) is 0 Å². The van der Waals surface area contributed by atoms with Crippen molar-refractivity contribution in [1.82, 2.24) is 4.98 Å². The fourth-order valence-corrected chi connectivity index (χ4v) is 1.07. The molecule has 70 valence electrons. The zero-order valence-electron chi connectivity index (χ0n) is 7.43. The predicted octanol–water partition coefficient (Wildman–Crippen LogP) is 1.31. The Labute approximate surface area is 81.1 Å². The molecule has 4 heteroatoms. The fourth-order valence-electron chi connectivity index (χ4n) is 1.07. The Morgan fingerprint density at radius 2 is 2.43 bits per heavy atom. The van der Waals surface area contributed by atoms with Gasteiger partial charge in [0.05, 0.1) is 17.9 Å². The number of ether oxygens (including phenoxy) is 1. The summed E-state index contributed by atoms with van der Waals surface area (Å²) in [5.41, 5.74) is 0.624. The Balaban J connectivity index is 2.29. The van der Waals surface area contributed by atoms with E-state index >= 15 is 0 Å². The standard InChI is InChI=1S/C10H8N2O2/c11-4-7-3-8(6-13)12-5-10(7)14-9-1-2-9/h3,5-6,9H,1-2H2. The molecule has 1 saturated carbocycles. The number of nitriles is 1. The van der Waals surface area contributed by atoms with Gasteiger partial charge in [-0.1, -0.05) is 0 Å². The highest BCUT2D eigenvalue weighted by atomic mass is 16.5. The Morgan fingerprint density at radius 1 is 1.64 bits per heavy atom. The van der Waals surface area contributed by atoms with E-state index in [9.17, 15) is 4.79 Å². The van der Waals surface area contributed by atoms with Crippen molar-refractivity contribution in [3.8, 4) is 11.8 Å². The first kappa shape index (κ1) is 8.70. The van der Waals surface area contributed by atoms with Crippen molar-refractivity contribution in [3.05, 3.63) is 23.5 Å². The number of nitrogens with zero attached hydrogens (tertiary/aromatic N) is 2. The molecule has 1 aliphatic carbocycles. The van der Waals surface area contributed by atoms with Crippen LogP contribution in [-0.4, -0.2) is 17.4 Å². The van der Waals surface area contributed by atoms with Gasteiger partial charge in [-0.2, -0.15) is 5.26 Å². The normalized spacial score (nSPS) is 14.5. The molecule has 0 unspecified atom stereocenters. The maximum Gasteiger partial charge on any atom is 0.168 e. The van der Waals surface area contributed by atoms with Gasteiger partial charge in [-0.3, -0.25) is 4.79 Å². The molecule has 0 saturated heterocycles. The minimum Gasteiger partial charge on any atom is -0.487 e. The Hall–Kier alpha value is -1.89. The number of carbonyl (C=O) groups excluding carboxylic acids is 1. The van der Waals surface area contributed by atoms with E-state index in [1.165, 1.54) is 12.3 Å². The minimum absolute atomic E-state index is 0.228. The van der Waals surface area contributed by atoms with E-state index in [1.807, 2.05) is 6.07 Å². The van der Waals surface area contributed by atoms with E-state index in [0.29, 0.717) is 17.6 Å². The van der Waals surface area contributed by atoms with Gasteiger partial charge < -0.3 is 4.74 Å². The molecule has 0 atom stereocenters. The van der Waals surface area contributed by atoms with Crippen LogP contribution in [0.2, 0.25) is 0 Å². The Bertz CT molecular complexity index is 405. The van der Waals surface area contributed by atoms with Crippen molar-refractivity contribution >= 4 is 6.29 Å². The summed E-state index contributed by atoms with van der Waals surface area (Å²) in [6.07, 6.45) is 4.33. The molecule has 0 radical (unpaired) electrons. The van der Waals surface area contributed by atoms with Crippen LogP contribution in [-0.2, 0) is 0 Å². The van der Waals surface area contributed by atoms with E-state index < -0.39 is 0 Å². The topological polar surface area (TPSA) is 63.0 Å². The largest absolute Gasteiger partial charge is 0.487 e. The highest BCUT2D eigenvalue weighted by Crippen LogP contribution is 2.28. The maximum atomic E-state index is 10.4. The number of aromatic nitrogens is 1. The molecular formula is C10H8N2O2. The molecular weight excluding hydrogens is 180 g/mol. The van der Waals surface area contributed by atoms with Gasteiger partial charge in [0.1, 0.15) is 11.8 Å². The third kappa shape index (κ3) is 1.72. The lowest BCUT2D eigenvalue weighted by atomic mass is 10.2. The lowest BCUT2D eigenvalue weighted by Gasteiger charge is -2.05. The summed E-state index contributed by atoms with van der Waals surface area (Å²) in [6, 6.07) is 3.41. The van der Waals surface area contributed by atoms with E-state index in [2.05, 4.69) is 4.98 Å². The number of pyridine rings is 1. The number of hydrogen-bond donors (Lipinski definition) is 0. The quantitative estimate of drug-likeness (QED) is 0.671. The number of rotatable bonds is 3. The lowest BCUT2D eigenvalue weighted by Crippen LogP contribution is -2.00. The van der Waals surface area contributed by atoms with Crippen molar-refractivity contribution in [2.75, 3.05) is 0 Å². The molecule has 14 heavy (non-hydrogen) atoms. The van der Waals surface area contributed by atoms with Crippen LogP contribution in [0.15, 0.2) is 12.3 Å². The van der Waals surface area contributed by atoms with Crippen molar-refractivity contribution in [2.24, 2.45) is 0 Å². The Kier molecular flexibility index (Phi) is 2.15. The molecule has 1 aliphatic rings. The average molecular weight is 188 g/mol. The van der Waals surface area contributed by atoms with Gasteiger partial charge in [0.25, 0.3) is 0 Å². The zero-order valence-corrected chi connectivity index (χ0v) is 7.43. The van der Waals surface area contributed by atoms with Crippen LogP contribution in [0.1, 0.15) is 28.9 Å². The summed E-state index contributed by atoms with van der Waals surface area (Å²) in [6.45, 7) is 0. The summed E-state index contributed by atoms with van der Waals surface area (Å²) < 4.78 is 5.45. The summed E-state index contributed by atoms with van der Waals surface area (Å²) >= 11 is 0. The second-order valence-electron chi connectivity index (χ2n) is 3.15. The maximum absolute atomic E-state index is 10.4. The van der Waals surface area contributed by atoms with Gasteiger partial charge in [-0.15, -0.1) is 0 Å². The third-order valence-electron chi connectivity index (χ3n) is 1.95. The van der Waals surface area contributed by atoms with Crippen LogP contribution in [0, 0.1) is 11.3 Å². The number of aldehydes is 1. The molecule has 1 fully saturated rings. The summed E-state index contributed by atoms with van der Waals surface area (Å²) in [5, 5.41) is 8.80. The van der Waals surface area contributed by atoms with Crippen LogP contribution in [0.25, 0.3) is 0 Å². The predicted molar refractivity (Wildman–Crippen MR) is 48.0 cm³/mol. The molecule has 0 aliphatic heterocycles. The Morgan fingerprint density at radius 3 is 3.00 bits per heavy atom. The first-order valence-electron chi connectivity index (χ1n) is 4.35. The van der Waals surface area contributed by atoms with Gasteiger partial charge in [-0.05, 0) is 18.9 Å². The molecule has 0 N–H and O–H groups in total. The molecule has 2 rings (SSSR count). The lowest BCUT2D eigenvalue weighted by molar-refractivity contribution is 0.111. The number of carbonyl (C=O) groups is 1. The molecule has 0 bridgehead atoms. The van der Waals surface area contributed by atoms with Gasteiger partial charge in [0, 0.05) is 0 Å². The molecule has 1 aromatic rings. The van der Waals surface area contributed by atoms with Crippen LogP contribution in [0.5, 0.6) is 5.75 Å². The molecule has 0 aromatic carbocycles. The van der Waals surface area contributed by atoms with Crippen LogP contribution in [0.3, 0.4) is 0 Å². The second kappa shape index (κ2) is 3.46. The van der Waals surface area contributed by atoms with Crippen molar-refractivity contribution in [3.63, 3.8) is 0 Å². The molecule has 4 nitrogen and oxygen atoms in total. The molecule has 1 aromatic heterocycles. The molecule has 0 spiro atoms. The van der Waals surface area contributed by atoms with Gasteiger partial charge in [-0.25, -0.2) is 4.98 Å². The molecule has 0 amide bonds. The first-order chi connectivity index (χ1) is 6.83. The smallest absolute Gasteiger partial charge is 0.168 e. The SMILES string of the molecule is N#Cc1cc(C=O)ncc1OC1CC1. The zero-order chi connectivity index (χ0) is 9.97. The van der Waals surface area contributed by atoms with Gasteiger partial charge in [0.15, 0.2) is 12.0 Å².